The number of thiophene rings is 1. The fourth-order valence-corrected chi connectivity index (χ4v) is 4.88. The number of aliphatic hydroxyl groups excluding tert-OH is 1. The zero-order chi connectivity index (χ0) is 22.9. The molecule has 1 aromatic carbocycles. The van der Waals surface area contributed by atoms with Gasteiger partial charge in [0, 0.05) is 24.9 Å². The van der Waals surface area contributed by atoms with E-state index in [1.165, 1.54) is 23.5 Å². The van der Waals surface area contributed by atoms with Crippen molar-refractivity contribution in [3.8, 4) is 22.6 Å². The summed E-state index contributed by atoms with van der Waals surface area (Å²) in [4.78, 5) is 17.3. The van der Waals surface area contributed by atoms with Crippen LogP contribution in [0.5, 0.6) is 11.5 Å². The van der Waals surface area contributed by atoms with Crippen LogP contribution in [0.2, 0.25) is 0 Å². The Balaban J connectivity index is 1.42. The second-order valence-corrected chi connectivity index (χ2v) is 9.14. The third-order valence-corrected chi connectivity index (χ3v) is 6.76. The van der Waals surface area contributed by atoms with E-state index in [0.29, 0.717) is 23.3 Å². The monoisotopic (exact) mass is 466 g/mol. The summed E-state index contributed by atoms with van der Waals surface area (Å²) in [6.07, 6.45) is 6.23. The largest absolute Gasteiger partial charge is 0.453 e. The molecule has 1 fully saturated rings. The predicted molar refractivity (Wildman–Crippen MR) is 124 cm³/mol. The molecular formula is C24H23FN4O3S. The average molecular weight is 467 g/mol. The molecule has 1 aliphatic carbocycles. The van der Waals surface area contributed by atoms with Crippen LogP contribution in [0.1, 0.15) is 36.2 Å². The highest BCUT2D eigenvalue weighted by atomic mass is 32.1. The number of nitrogens with zero attached hydrogens (tertiary/aromatic N) is 3. The van der Waals surface area contributed by atoms with Gasteiger partial charge >= 0.3 is 0 Å². The average Bonchev–Trinajstić information content (AvgIpc) is 3.45. The van der Waals surface area contributed by atoms with Gasteiger partial charge in [-0.05, 0) is 42.0 Å². The van der Waals surface area contributed by atoms with Gasteiger partial charge in [0.15, 0.2) is 11.6 Å². The number of pyridine rings is 1. The lowest BCUT2D eigenvalue weighted by Crippen LogP contribution is -2.45. The van der Waals surface area contributed by atoms with Crippen molar-refractivity contribution in [2.45, 2.75) is 37.8 Å². The molecule has 1 amide bonds. The van der Waals surface area contributed by atoms with Crippen LogP contribution in [0.3, 0.4) is 0 Å². The summed E-state index contributed by atoms with van der Waals surface area (Å²) in [7, 11) is 1.80. The molecule has 170 valence electrons. The Bertz CT molecular complexity index is 1320. The minimum Gasteiger partial charge on any atom is -0.453 e. The van der Waals surface area contributed by atoms with Crippen molar-refractivity contribution < 1.29 is 19.0 Å². The van der Waals surface area contributed by atoms with Gasteiger partial charge in [-0.25, -0.2) is 9.37 Å². The number of hydrogen-bond acceptors (Lipinski definition) is 6. The van der Waals surface area contributed by atoms with Crippen LogP contribution in [-0.4, -0.2) is 37.9 Å². The number of aliphatic hydroxyl groups is 1. The lowest BCUT2D eigenvalue weighted by Gasteiger charge is -2.28. The molecule has 0 spiro atoms. The molecule has 3 aromatic heterocycles. The lowest BCUT2D eigenvalue weighted by atomic mass is 9.92. The Morgan fingerprint density at radius 2 is 2.06 bits per heavy atom. The van der Waals surface area contributed by atoms with Crippen molar-refractivity contribution >= 4 is 27.5 Å². The first-order valence-corrected chi connectivity index (χ1v) is 11.7. The van der Waals surface area contributed by atoms with E-state index in [0.717, 1.165) is 29.5 Å². The number of amides is 1. The zero-order valence-electron chi connectivity index (χ0n) is 18.0. The first-order valence-electron chi connectivity index (χ1n) is 10.8. The first kappa shape index (κ1) is 21.5. The molecule has 2 N–H and O–H groups in total. The standard InChI is InChI=1S/C24H23FN4O3S/c1-29-13-15(12-26-29)14-6-7-21(16(25)10-14)32-22-11-19(27-18-8-9-33-23(18)22)24(31)28-17-4-2-3-5-20(17)30/h6-13,17,20,30H,2-5H2,1H3,(H,28,31)/t17-,20-/m0/s1. The second kappa shape index (κ2) is 8.92. The van der Waals surface area contributed by atoms with Gasteiger partial charge in [0.05, 0.1) is 28.6 Å². The van der Waals surface area contributed by atoms with Crippen LogP contribution in [0, 0.1) is 5.82 Å². The molecule has 5 rings (SSSR count). The number of halogens is 1. The Kier molecular flexibility index (Phi) is 5.82. The Morgan fingerprint density at radius 3 is 2.82 bits per heavy atom. The minimum absolute atomic E-state index is 0.0533. The summed E-state index contributed by atoms with van der Waals surface area (Å²) in [6, 6.07) is 7.75. The van der Waals surface area contributed by atoms with Crippen molar-refractivity contribution in [2.24, 2.45) is 7.05 Å². The minimum atomic E-state index is -0.560. The van der Waals surface area contributed by atoms with Gasteiger partial charge in [-0.3, -0.25) is 9.48 Å². The van der Waals surface area contributed by atoms with Gasteiger partial charge in [0.1, 0.15) is 11.4 Å². The van der Waals surface area contributed by atoms with Crippen molar-refractivity contribution in [3.63, 3.8) is 0 Å². The zero-order valence-corrected chi connectivity index (χ0v) is 18.8. The number of carbonyl (C=O) groups excluding carboxylic acids is 1. The van der Waals surface area contributed by atoms with Crippen LogP contribution in [0.15, 0.2) is 48.1 Å². The van der Waals surface area contributed by atoms with E-state index in [-0.39, 0.29) is 23.4 Å². The molecule has 0 bridgehead atoms. The molecule has 0 aliphatic heterocycles. The van der Waals surface area contributed by atoms with Gasteiger partial charge in [-0.2, -0.15) is 5.10 Å². The number of ether oxygens (including phenoxy) is 1. The Morgan fingerprint density at radius 1 is 1.21 bits per heavy atom. The molecule has 1 saturated carbocycles. The van der Waals surface area contributed by atoms with Gasteiger partial charge in [0.2, 0.25) is 0 Å². The number of benzene rings is 1. The van der Waals surface area contributed by atoms with Crippen molar-refractivity contribution in [1.82, 2.24) is 20.1 Å². The third-order valence-electron chi connectivity index (χ3n) is 5.85. The lowest BCUT2D eigenvalue weighted by molar-refractivity contribution is 0.0714. The molecule has 7 nitrogen and oxygen atoms in total. The summed E-state index contributed by atoms with van der Waals surface area (Å²) in [6.45, 7) is 0. The van der Waals surface area contributed by atoms with Crippen LogP contribution < -0.4 is 10.1 Å². The quantitative estimate of drug-likeness (QED) is 0.447. The summed E-state index contributed by atoms with van der Waals surface area (Å²) >= 11 is 1.41. The summed E-state index contributed by atoms with van der Waals surface area (Å²) in [5, 5.41) is 19.0. The molecule has 2 atom stereocenters. The van der Waals surface area contributed by atoms with Gasteiger partial charge < -0.3 is 15.2 Å². The molecule has 1 aliphatic rings. The molecular weight excluding hydrogens is 443 g/mol. The van der Waals surface area contributed by atoms with Crippen LogP contribution in [-0.2, 0) is 7.05 Å². The molecule has 3 heterocycles. The van der Waals surface area contributed by atoms with E-state index in [2.05, 4.69) is 15.4 Å². The van der Waals surface area contributed by atoms with Gasteiger partial charge in [0.25, 0.3) is 5.91 Å². The number of aryl methyl sites for hydroxylation is 1. The second-order valence-electron chi connectivity index (χ2n) is 8.22. The number of rotatable bonds is 5. The maximum absolute atomic E-state index is 14.9. The molecule has 0 unspecified atom stereocenters. The predicted octanol–water partition coefficient (Wildman–Crippen LogP) is 4.66. The fourth-order valence-electron chi connectivity index (χ4n) is 4.09. The molecule has 4 aromatic rings. The number of hydrogen-bond donors (Lipinski definition) is 2. The molecule has 0 saturated heterocycles. The van der Waals surface area contributed by atoms with E-state index in [1.54, 1.807) is 36.1 Å². The van der Waals surface area contributed by atoms with Crippen LogP contribution in [0.4, 0.5) is 4.39 Å². The van der Waals surface area contributed by atoms with Crippen molar-refractivity contribution in [3.05, 3.63) is 59.6 Å². The summed E-state index contributed by atoms with van der Waals surface area (Å²) in [5.74, 6) is -0.490. The first-order chi connectivity index (χ1) is 16.0. The van der Waals surface area contributed by atoms with E-state index >= 15 is 0 Å². The van der Waals surface area contributed by atoms with Gasteiger partial charge in [-0.1, -0.05) is 18.9 Å². The highest BCUT2D eigenvalue weighted by molar-refractivity contribution is 7.17. The normalized spacial score (nSPS) is 18.4. The fraction of sp³-hybridized carbons (Fsp3) is 0.292. The van der Waals surface area contributed by atoms with E-state index in [9.17, 15) is 14.3 Å². The van der Waals surface area contributed by atoms with Crippen LogP contribution in [0.25, 0.3) is 21.3 Å². The van der Waals surface area contributed by atoms with E-state index in [4.69, 9.17) is 4.74 Å². The smallest absolute Gasteiger partial charge is 0.270 e. The highest BCUT2D eigenvalue weighted by Gasteiger charge is 2.26. The molecule has 0 radical (unpaired) electrons. The number of carbonyl (C=O) groups is 1. The highest BCUT2D eigenvalue weighted by Crippen LogP contribution is 2.36. The molecule has 33 heavy (non-hydrogen) atoms. The Hall–Kier alpha value is -3.30. The van der Waals surface area contributed by atoms with E-state index in [1.807, 2.05) is 11.6 Å². The van der Waals surface area contributed by atoms with Crippen LogP contribution >= 0.6 is 11.3 Å². The number of aromatic nitrogens is 3. The maximum atomic E-state index is 14.9. The summed E-state index contributed by atoms with van der Waals surface area (Å²) < 4.78 is 23.2. The SMILES string of the molecule is Cn1cc(-c2ccc(Oc3cc(C(=O)N[C@H]4CCCC[C@@H]4O)nc4ccsc34)c(F)c2)cn1. The van der Waals surface area contributed by atoms with Crippen molar-refractivity contribution in [2.75, 3.05) is 0 Å². The Labute approximate surface area is 193 Å². The third kappa shape index (κ3) is 4.46. The van der Waals surface area contributed by atoms with Gasteiger partial charge in [-0.15, -0.1) is 11.3 Å². The number of fused-ring (bicyclic) bond motifs is 1. The maximum Gasteiger partial charge on any atom is 0.270 e. The topological polar surface area (TPSA) is 89.3 Å². The number of nitrogens with one attached hydrogen (secondary N) is 1. The molecule has 9 heteroatoms. The van der Waals surface area contributed by atoms with E-state index < -0.39 is 11.9 Å². The summed E-state index contributed by atoms with van der Waals surface area (Å²) in [5.41, 5.74) is 2.26. The van der Waals surface area contributed by atoms with Crippen molar-refractivity contribution in [1.29, 1.82) is 0 Å².